The van der Waals surface area contributed by atoms with Crippen molar-refractivity contribution in [3.8, 4) is 0 Å². The van der Waals surface area contributed by atoms with Crippen LogP contribution in [0.4, 0.5) is 17.1 Å². The van der Waals surface area contributed by atoms with Crippen molar-refractivity contribution in [3.63, 3.8) is 0 Å². The number of anilines is 3. The summed E-state index contributed by atoms with van der Waals surface area (Å²) in [6, 6.07) is 22.6. The van der Waals surface area contributed by atoms with Gasteiger partial charge in [0.25, 0.3) is 5.91 Å². The average Bonchev–Trinajstić information content (AvgIpc) is 2.80. The number of amides is 3. The summed E-state index contributed by atoms with van der Waals surface area (Å²) in [4.78, 5) is 42.4. The van der Waals surface area contributed by atoms with E-state index >= 15 is 0 Å². The van der Waals surface area contributed by atoms with Crippen LogP contribution >= 0.6 is 0 Å². The zero-order valence-corrected chi connectivity index (χ0v) is 17.1. The van der Waals surface area contributed by atoms with Gasteiger partial charge in [-0.15, -0.1) is 0 Å². The highest BCUT2D eigenvalue weighted by Gasteiger charge is 2.28. The van der Waals surface area contributed by atoms with Crippen LogP contribution < -0.4 is 21.4 Å². The minimum Gasteiger partial charge on any atom is -0.372 e. The van der Waals surface area contributed by atoms with Gasteiger partial charge in [-0.2, -0.15) is 0 Å². The maximum atomic E-state index is 12.4. The highest BCUT2D eigenvalue weighted by Crippen LogP contribution is 2.28. The molecule has 8 heteroatoms. The van der Waals surface area contributed by atoms with Gasteiger partial charge in [0.2, 0.25) is 11.8 Å². The predicted octanol–water partition coefficient (Wildman–Crippen LogP) is 3.31. The van der Waals surface area contributed by atoms with E-state index in [2.05, 4.69) is 21.4 Å². The number of carbonyl (C=O) groups excluding carboxylic acids is 3. The molecule has 8 nitrogen and oxygen atoms in total. The molecular formula is C24H22N4O4. The van der Waals surface area contributed by atoms with Crippen molar-refractivity contribution in [3.05, 3.63) is 90.0 Å². The van der Waals surface area contributed by atoms with Crippen LogP contribution in [0.3, 0.4) is 0 Å². The fourth-order valence-electron chi connectivity index (χ4n) is 3.27. The average molecular weight is 430 g/mol. The summed E-state index contributed by atoms with van der Waals surface area (Å²) in [6.07, 6.45) is -0.0588. The van der Waals surface area contributed by atoms with Crippen LogP contribution in [0.5, 0.6) is 0 Å². The van der Waals surface area contributed by atoms with E-state index in [9.17, 15) is 14.4 Å². The van der Waals surface area contributed by atoms with Crippen LogP contribution in [0.25, 0.3) is 0 Å². The monoisotopic (exact) mass is 430 g/mol. The summed E-state index contributed by atoms with van der Waals surface area (Å²) in [5.41, 5.74) is 5.45. The molecule has 4 rings (SSSR count). The Kier molecular flexibility index (Phi) is 6.43. The van der Waals surface area contributed by atoms with Gasteiger partial charge in [-0.05, 0) is 35.9 Å². The first-order chi connectivity index (χ1) is 15.6. The minimum absolute atomic E-state index is 0.0588. The van der Waals surface area contributed by atoms with Gasteiger partial charge in [0, 0.05) is 11.3 Å². The first kappa shape index (κ1) is 21.1. The molecule has 1 heterocycles. The van der Waals surface area contributed by atoms with Crippen molar-refractivity contribution in [2.24, 2.45) is 0 Å². The first-order valence-corrected chi connectivity index (χ1v) is 10.1. The Morgan fingerprint density at radius 1 is 0.906 bits per heavy atom. The third-order valence-corrected chi connectivity index (χ3v) is 4.88. The number of benzene rings is 3. The third kappa shape index (κ3) is 5.30. The Labute approximate surface area is 184 Å². The summed E-state index contributed by atoms with van der Waals surface area (Å²) >= 11 is 0. The van der Waals surface area contributed by atoms with Gasteiger partial charge in [-0.25, -0.2) is 5.48 Å². The highest BCUT2D eigenvalue weighted by atomic mass is 16.6. The lowest BCUT2D eigenvalue weighted by atomic mass is 10.1. The highest BCUT2D eigenvalue weighted by molar-refractivity contribution is 6.07. The molecule has 0 spiro atoms. The number of nitrogens with one attached hydrogen (secondary N) is 4. The van der Waals surface area contributed by atoms with Crippen molar-refractivity contribution in [1.82, 2.24) is 5.48 Å². The smallest absolute Gasteiger partial charge is 0.274 e. The maximum absolute atomic E-state index is 12.4. The van der Waals surface area contributed by atoms with Crippen molar-refractivity contribution in [2.75, 3.05) is 16.0 Å². The number of hydrogen-bond acceptors (Lipinski definition) is 5. The second kappa shape index (κ2) is 9.76. The minimum atomic E-state index is -0.765. The lowest BCUT2D eigenvalue weighted by Crippen LogP contribution is -2.41. The Bertz CT molecular complexity index is 1120. The van der Waals surface area contributed by atoms with Gasteiger partial charge in [-0.3, -0.25) is 19.2 Å². The summed E-state index contributed by atoms with van der Waals surface area (Å²) in [7, 11) is 0. The standard InChI is InChI=1S/C24H22N4O4/c29-22(25-18-9-5-2-6-10-18)14-21-24(31)27-19-12-11-17(13-20(19)26-21)23(30)28-32-15-16-7-3-1-4-8-16/h1-13,21,26H,14-15H2,(H,25,29)(H,27,31)(H,28,30). The quantitative estimate of drug-likeness (QED) is 0.430. The molecule has 0 saturated carbocycles. The molecule has 162 valence electrons. The van der Waals surface area contributed by atoms with Gasteiger partial charge < -0.3 is 16.0 Å². The molecule has 3 amide bonds. The molecule has 0 radical (unpaired) electrons. The number of fused-ring (bicyclic) bond motifs is 1. The van der Waals surface area contributed by atoms with E-state index < -0.39 is 11.9 Å². The van der Waals surface area contributed by atoms with E-state index in [1.807, 2.05) is 48.5 Å². The van der Waals surface area contributed by atoms with E-state index in [4.69, 9.17) is 4.84 Å². The number of hydroxylamine groups is 1. The van der Waals surface area contributed by atoms with Crippen LogP contribution in [0, 0.1) is 0 Å². The predicted molar refractivity (Wildman–Crippen MR) is 121 cm³/mol. The number of carbonyl (C=O) groups is 3. The second-order valence-electron chi connectivity index (χ2n) is 7.27. The Hall–Kier alpha value is -4.17. The molecule has 1 atom stereocenters. The van der Waals surface area contributed by atoms with E-state index in [1.165, 1.54) is 0 Å². The largest absolute Gasteiger partial charge is 0.372 e. The summed E-state index contributed by atoms with van der Waals surface area (Å²) in [6.45, 7) is 0.241. The van der Waals surface area contributed by atoms with Crippen molar-refractivity contribution in [1.29, 1.82) is 0 Å². The number of hydrogen-bond donors (Lipinski definition) is 4. The van der Waals surface area contributed by atoms with Crippen molar-refractivity contribution < 1.29 is 19.2 Å². The van der Waals surface area contributed by atoms with Crippen molar-refractivity contribution >= 4 is 34.8 Å². The Morgan fingerprint density at radius 3 is 2.38 bits per heavy atom. The van der Waals surface area contributed by atoms with Crippen LogP contribution in [-0.2, 0) is 21.0 Å². The molecule has 0 aromatic heterocycles. The van der Waals surface area contributed by atoms with Gasteiger partial charge in [0.15, 0.2) is 0 Å². The zero-order chi connectivity index (χ0) is 22.3. The fraction of sp³-hybridized carbons (Fsp3) is 0.125. The zero-order valence-electron chi connectivity index (χ0n) is 17.1. The Balaban J connectivity index is 1.36. The molecule has 3 aromatic rings. The maximum Gasteiger partial charge on any atom is 0.274 e. The summed E-state index contributed by atoms with van der Waals surface area (Å²) in [5.74, 6) is -1.03. The van der Waals surface area contributed by atoms with E-state index in [1.54, 1.807) is 30.3 Å². The van der Waals surface area contributed by atoms with Crippen LogP contribution in [0.2, 0.25) is 0 Å². The molecule has 1 unspecified atom stereocenters. The van der Waals surface area contributed by atoms with Crippen LogP contribution in [-0.4, -0.2) is 23.8 Å². The van der Waals surface area contributed by atoms with E-state index in [-0.39, 0.29) is 24.8 Å². The molecule has 0 saturated heterocycles. The number of rotatable bonds is 7. The molecular weight excluding hydrogens is 408 g/mol. The van der Waals surface area contributed by atoms with Gasteiger partial charge in [-0.1, -0.05) is 48.5 Å². The van der Waals surface area contributed by atoms with Crippen LogP contribution in [0.15, 0.2) is 78.9 Å². The lowest BCUT2D eigenvalue weighted by Gasteiger charge is -2.27. The molecule has 1 aliphatic rings. The molecule has 0 fully saturated rings. The molecule has 1 aliphatic heterocycles. The van der Waals surface area contributed by atoms with Gasteiger partial charge >= 0.3 is 0 Å². The molecule has 3 aromatic carbocycles. The van der Waals surface area contributed by atoms with Crippen molar-refractivity contribution in [2.45, 2.75) is 19.1 Å². The Morgan fingerprint density at radius 2 is 1.62 bits per heavy atom. The molecule has 4 N–H and O–H groups in total. The lowest BCUT2D eigenvalue weighted by molar-refractivity contribution is -0.122. The summed E-state index contributed by atoms with van der Waals surface area (Å²) in [5, 5.41) is 8.57. The van der Waals surface area contributed by atoms with Gasteiger partial charge in [0.1, 0.15) is 6.04 Å². The molecule has 0 bridgehead atoms. The van der Waals surface area contributed by atoms with E-state index in [0.717, 1.165) is 5.56 Å². The SMILES string of the molecule is O=C(CC1Nc2cc(C(=O)NOCc3ccccc3)ccc2NC1=O)Nc1ccccc1. The normalized spacial score (nSPS) is 14.5. The first-order valence-electron chi connectivity index (χ1n) is 10.1. The van der Waals surface area contributed by atoms with E-state index in [0.29, 0.717) is 22.6 Å². The van der Waals surface area contributed by atoms with Crippen LogP contribution in [0.1, 0.15) is 22.3 Å². The topological polar surface area (TPSA) is 109 Å². The molecule has 0 aliphatic carbocycles. The third-order valence-electron chi connectivity index (χ3n) is 4.88. The number of para-hydroxylation sites is 1. The van der Waals surface area contributed by atoms with Gasteiger partial charge in [0.05, 0.1) is 24.4 Å². The summed E-state index contributed by atoms with van der Waals surface area (Å²) < 4.78 is 0. The second-order valence-corrected chi connectivity index (χ2v) is 7.27. The fourth-order valence-corrected chi connectivity index (χ4v) is 3.27. The molecule has 32 heavy (non-hydrogen) atoms.